The molecule has 5 heteroatoms. The molecule has 0 radical (unpaired) electrons. The highest BCUT2D eigenvalue weighted by Gasteiger charge is 2.22. The van der Waals surface area contributed by atoms with Crippen molar-refractivity contribution in [3.8, 4) is 0 Å². The topological polar surface area (TPSA) is 62.6 Å². The van der Waals surface area contributed by atoms with E-state index in [4.69, 9.17) is 4.42 Å². The van der Waals surface area contributed by atoms with Crippen molar-refractivity contribution < 1.29 is 14.0 Å². The standard InChI is InChI=1S/C19H24N2O3/c1-5-16-13(2)11-17(24-16)19(23)20-15(12-18(22)21(3)4)14-9-7-6-8-10-14/h6-11,15H,5,12H2,1-4H3,(H,20,23)/t15-/m0/s1. The minimum Gasteiger partial charge on any atom is -0.456 e. The summed E-state index contributed by atoms with van der Waals surface area (Å²) in [6.45, 7) is 3.90. The number of benzene rings is 1. The van der Waals surface area contributed by atoms with Gasteiger partial charge in [0.25, 0.3) is 5.91 Å². The number of nitrogens with one attached hydrogen (secondary N) is 1. The van der Waals surface area contributed by atoms with Gasteiger partial charge in [-0.2, -0.15) is 0 Å². The van der Waals surface area contributed by atoms with Gasteiger partial charge in [-0.3, -0.25) is 9.59 Å². The van der Waals surface area contributed by atoms with Crippen LogP contribution < -0.4 is 5.32 Å². The van der Waals surface area contributed by atoms with Crippen molar-refractivity contribution in [2.45, 2.75) is 32.7 Å². The summed E-state index contributed by atoms with van der Waals surface area (Å²) in [6.07, 6.45) is 0.934. The summed E-state index contributed by atoms with van der Waals surface area (Å²) in [5.74, 6) is 0.732. The van der Waals surface area contributed by atoms with Crippen LogP contribution in [0.5, 0.6) is 0 Å². The second kappa shape index (κ2) is 7.81. The fourth-order valence-corrected chi connectivity index (χ4v) is 2.51. The number of furan rings is 1. The van der Waals surface area contributed by atoms with Gasteiger partial charge in [-0.25, -0.2) is 0 Å². The molecular weight excluding hydrogens is 304 g/mol. The molecular formula is C19H24N2O3. The monoisotopic (exact) mass is 328 g/mol. The van der Waals surface area contributed by atoms with E-state index in [1.807, 2.05) is 44.2 Å². The van der Waals surface area contributed by atoms with Crippen molar-refractivity contribution in [3.63, 3.8) is 0 Å². The third-order valence-corrected chi connectivity index (χ3v) is 3.95. The van der Waals surface area contributed by atoms with Crippen LogP contribution in [-0.4, -0.2) is 30.8 Å². The second-order valence-corrected chi connectivity index (χ2v) is 6.00. The van der Waals surface area contributed by atoms with E-state index in [9.17, 15) is 9.59 Å². The molecule has 24 heavy (non-hydrogen) atoms. The smallest absolute Gasteiger partial charge is 0.287 e. The number of carbonyl (C=O) groups is 2. The highest BCUT2D eigenvalue weighted by molar-refractivity contribution is 5.92. The fraction of sp³-hybridized carbons (Fsp3) is 0.368. The second-order valence-electron chi connectivity index (χ2n) is 6.00. The molecule has 0 aliphatic heterocycles. The zero-order valence-corrected chi connectivity index (χ0v) is 14.6. The van der Waals surface area contributed by atoms with Crippen molar-refractivity contribution in [2.24, 2.45) is 0 Å². The van der Waals surface area contributed by atoms with E-state index in [1.54, 1.807) is 20.2 Å². The maximum absolute atomic E-state index is 12.5. The van der Waals surface area contributed by atoms with Gasteiger partial charge in [-0.1, -0.05) is 37.3 Å². The first kappa shape index (κ1) is 17.8. The van der Waals surface area contributed by atoms with Gasteiger partial charge in [0, 0.05) is 20.5 Å². The molecule has 0 saturated carbocycles. The molecule has 1 heterocycles. The van der Waals surface area contributed by atoms with E-state index >= 15 is 0 Å². The van der Waals surface area contributed by atoms with Gasteiger partial charge in [0.15, 0.2) is 5.76 Å². The average molecular weight is 328 g/mol. The predicted octanol–water partition coefficient (Wildman–Crippen LogP) is 3.10. The Labute approximate surface area is 142 Å². The molecule has 0 aliphatic carbocycles. The summed E-state index contributed by atoms with van der Waals surface area (Å²) in [5.41, 5.74) is 1.85. The quantitative estimate of drug-likeness (QED) is 0.886. The lowest BCUT2D eigenvalue weighted by Crippen LogP contribution is -2.33. The summed E-state index contributed by atoms with van der Waals surface area (Å²) in [7, 11) is 3.41. The molecule has 5 nitrogen and oxygen atoms in total. The molecule has 1 aromatic carbocycles. The largest absolute Gasteiger partial charge is 0.456 e. The molecule has 2 aromatic rings. The summed E-state index contributed by atoms with van der Waals surface area (Å²) in [5, 5.41) is 2.92. The average Bonchev–Trinajstić information content (AvgIpc) is 2.95. The van der Waals surface area contributed by atoms with Crippen molar-refractivity contribution >= 4 is 11.8 Å². The normalized spacial score (nSPS) is 11.8. The minimum atomic E-state index is -0.399. The van der Waals surface area contributed by atoms with Crippen LogP contribution in [0.3, 0.4) is 0 Å². The molecule has 2 amide bonds. The maximum atomic E-state index is 12.5. The van der Waals surface area contributed by atoms with Gasteiger partial charge in [0.2, 0.25) is 5.91 Å². The Balaban J connectivity index is 2.20. The molecule has 2 rings (SSSR count). The molecule has 0 aliphatic rings. The van der Waals surface area contributed by atoms with Gasteiger partial charge in [-0.05, 0) is 24.1 Å². The lowest BCUT2D eigenvalue weighted by molar-refractivity contribution is -0.129. The Morgan fingerprint density at radius 3 is 2.42 bits per heavy atom. The minimum absolute atomic E-state index is 0.0472. The van der Waals surface area contributed by atoms with Gasteiger partial charge >= 0.3 is 0 Å². The first-order valence-electron chi connectivity index (χ1n) is 8.07. The van der Waals surface area contributed by atoms with Crippen molar-refractivity contribution in [1.82, 2.24) is 10.2 Å². The molecule has 0 spiro atoms. The van der Waals surface area contributed by atoms with Crippen molar-refractivity contribution in [1.29, 1.82) is 0 Å². The van der Waals surface area contributed by atoms with E-state index in [0.29, 0.717) is 0 Å². The van der Waals surface area contributed by atoms with Crippen LogP contribution in [0, 0.1) is 6.92 Å². The Bertz CT molecular complexity index is 705. The third-order valence-electron chi connectivity index (χ3n) is 3.95. The van der Waals surface area contributed by atoms with E-state index < -0.39 is 6.04 Å². The summed E-state index contributed by atoms with van der Waals surface area (Å²) < 4.78 is 5.61. The first-order chi connectivity index (χ1) is 11.4. The Kier molecular flexibility index (Phi) is 5.79. The number of aryl methyl sites for hydroxylation is 2. The van der Waals surface area contributed by atoms with Gasteiger partial charge in [0.1, 0.15) is 5.76 Å². The van der Waals surface area contributed by atoms with Crippen molar-refractivity contribution in [2.75, 3.05) is 14.1 Å². The zero-order chi connectivity index (χ0) is 17.7. The van der Waals surface area contributed by atoms with Crippen LogP contribution in [0.15, 0.2) is 40.8 Å². The number of rotatable bonds is 6. The van der Waals surface area contributed by atoms with Crippen LogP contribution in [0.1, 0.15) is 46.8 Å². The molecule has 0 fully saturated rings. The number of hydrogen-bond donors (Lipinski definition) is 1. The predicted molar refractivity (Wildman–Crippen MR) is 92.8 cm³/mol. The summed E-state index contributed by atoms with van der Waals surface area (Å²) >= 11 is 0. The first-order valence-corrected chi connectivity index (χ1v) is 8.07. The van der Waals surface area contributed by atoms with E-state index in [2.05, 4.69) is 5.32 Å². The zero-order valence-electron chi connectivity index (χ0n) is 14.6. The number of carbonyl (C=O) groups excluding carboxylic acids is 2. The molecule has 1 aromatic heterocycles. The number of hydrogen-bond acceptors (Lipinski definition) is 3. The molecule has 0 unspecified atom stereocenters. The fourth-order valence-electron chi connectivity index (χ4n) is 2.51. The van der Waals surface area contributed by atoms with Gasteiger partial charge in [-0.15, -0.1) is 0 Å². The summed E-state index contributed by atoms with van der Waals surface area (Å²) in [6, 6.07) is 10.8. The van der Waals surface area contributed by atoms with Crippen LogP contribution >= 0.6 is 0 Å². The molecule has 0 bridgehead atoms. The Hall–Kier alpha value is -2.56. The van der Waals surface area contributed by atoms with Crippen LogP contribution in [0.2, 0.25) is 0 Å². The number of amides is 2. The highest BCUT2D eigenvalue weighted by Crippen LogP contribution is 2.20. The Morgan fingerprint density at radius 2 is 1.88 bits per heavy atom. The third kappa shape index (κ3) is 4.25. The Morgan fingerprint density at radius 1 is 1.21 bits per heavy atom. The highest BCUT2D eigenvalue weighted by atomic mass is 16.4. The SMILES string of the molecule is CCc1oc(C(=O)N[C@@H](CC(=O)N(C)C)c2ccccc2)cc1C. The van der Waals surface area contributed by atoms with E-state index in [-0.39, 0.29) is 24.0 Å². The lowest BCUT2D eigenvalue weighted by atomic mass is 10.0. The van der Waals surface area contributed by atoms with Crippen molar-refractivity contribution in [3.05, 3.63) is 59.0 Å². The molecule has 1 N–H and O–H groups in total. The number of nitrogens with zero attached hydrogens (tertiary/aromatic N) is 1. The van der Waals surface area contributed by atoms with Gasteiger partial charge < -0.3 is 14.6 Å². The molecule has 1 atom stereocenters. The van der Waals surface area contributed by atoms with Crippen LogP contribution in [-0.2, 0) is 11.2 Å². The maximum Gasteiger partial charge on any atom is 0.287 e. The molecule has 0 saturated heterocycles. The van der Waals surface area contributed by atoms with Gasteiger partial charge in [0.05, 0.1) is 12.5 Å². The lowest BCUT2D eigenvalue weighted by Gasteiger charge is -2.20. The summed E-state index contributed by atoms with van der Waals surface area (Å²) in [4.78, 5) is 26.2. The molecule has 128 valence electrons. The van der Waals surface area contributed by atoms with Crippen LogP contribution in [0.25, 0.3) is 0 Å². The van der Waals surface area contributed by atoms with Crippen LogP contribution in [0.4, 0.5) is 0 Å². The van der Waals surface area contributed by atoms with E-state index in [0.717, 1.165) is 23.3 Å². The van der Waals surface area contributed by atoms with E-state index in [1.165, 1.54) is 4.90 Å².